The largest absolute Gasteiger partial charge is 0.488 e. The number of hydrogen-bond acceptors (Lipinski definition) is 4. The third kappa shape index (κ3) is 3.09. The van der Waals surface area contributed by atoms with Crippen LogP contribution in [0.2, 0.25) is 5.02 Å². The second-order valence-electron chi connectivity index (χ2n) is 5.08. The first-order valence-electron chi connectivity index (χ1n) is 6.78. The smallest absolute Gasteiger partial charge is 0.255 e. The van der Waals surface area contributed by atoms with E-state index < -0.39 is 5.91 Å². The first kappa shape index (κ1) is 15.6. The number of benzene rings is 1. The van der Waals surface area contributed by atoms with Crippen LogP contribution in [0.4, 0.5) is 5.00 Å². The number of rotatable bonds is 3. The lowest BCUT2D eigenvalue weighted by Gasteiger charge is -2.17. The fourth-order valence-electron chi connectivity index (χ4n) is 2.31. The van der Waals surface area contributed by atoms with Crippen molar-refractivity contribution in [2.24, 2.45) is 5.73 Å². The maximum Gasteiger partial charge on any atom is 0.255 e. The van der Waals surface area contributed by atoms with Crippen LogP contribution in [0.3, 0.4) is 0 Å². The molecule has 1 aromatic heterocycles. The summed E-state index contributed by atoms with van der Waals surface area (Å²) in [5.74, 6) is -0.222. The molecule has 1 aromatic carbocycles. The Hall–Kier alpha value is -2.31. The molecule has 1 aliphatic heterocycles. The van der Waals surface area contributed by atoms with Crippen LogP contribution in [0.15, 0.2) is 29.2 Å². The molecule has 2 aromatic rings. The molecule has 0 aliphatic carbocycles. The molecule has 0 spiro atoms. The molecule has 3 N–H and O–H groups in total. The van der Waals surface area contributed by atoms with Crippen molar-refractivity contribution in [1.29, 1.82) is 0 Å². The zero-order valence-corrected chi connectivity index (χ0v) is 13.8. The SMILES string of the molecule is Cc1csc(NC(=O)C2=Cc3cc(Cl)ccc3OC2)c1C(N)=O. The average molecular weight is 349 g/mol. The van der Waals surface area contributed by atoms with Crippen LogP contribution in [0.1, 0.15) is 21.5 Å². The van der Waals surface area contributed by atoms with E-state index in [1.54, 1.807) is 36.6 Å². The van der Waals surface area contributed by atoms with Gasteiger partial charge in [0.1, 0.15) is 17.4 Å². The number of fused-ring (bicyclic) bond motifs is 1. The van der Waals surface area contributed by atoms with E-state index >= 15 is 0 Å². The minimum absolute atomic E-state index is 0.150. The standard InChI is InChI=1S/C16H13ClN2O3S/c1-8-7-23-16(13(8)14(18)20)19-15(21)10-4-9-5-11(17)2-3-12(9)22-6-10/h2-5,7H,6H2,1H3,(H2,18,20)(H,19,21). The molecule has 3 rings (SSSR count). The summed E-state index contributed by atoms with van der Waals surface area (Å²) in [5, 5.41) is 5.51. The summed E-state index contributed by atoms with van der Waals surface area (Å²) in [6.45, 7) is 1.92. The molecule has 0 fully saturated rings. The quantitative estimate of drug-likeness (QED) is 0.893. The summed E-state index contributed by atoms with van der Waals surface area (Å²) in [5.41, 5.74) is 7.62. The molecule has 2 heterocycles. The molecule has 0 saturated heterocycles. The van der Waals surface area contributed by atoms with E-state index in [9.17, 15) is 9.59 Å². The number of primary amides is 1. The van der Waals surface area contributed by atoms with Crippen LogP contribution in [-0.2, 0) is 4.79 Å². The molecule has 1 aliphatic rings. The number of carbonyl (C=O) groups is 2. The first-order valence-corrected chi connectivity index (χ1v) is 8.03. The van der Waals surface area contributed by atoms with E-state index in [0.29, 0.717) is 26.9 Å². The third-order valence-electron chi connectivity index (χ3n) is 3.42. The molecule has 0 radical (unpaired) electrons. The zero-order valence-electron chi connectivity index (χ0n) is 12.2. The Morgan fingerprint density at radius 1 is 1.39 bits per heavy atom. The van der Waals surface area contributed by atoms with Gasteiger partial charge in [0.25, 0.3) is 11.8 Å². The van der Waals surface area contributed by atoms with Crippen LogP contribution in [-0.4, -0.2) is 18.4 Å². The van der Waals surface area contributed by atoms with Gasteiger partial charge >= 0.3 is 0 Å². The van der Waals surface area contributed by atoms with Crippen LogP contribution >= 0.6 is 22.9 Å². The number of nitrogens with two attached hydrogens (primary N) is 1. The van der Waals surface area contributed by atoms with E-state index in [0.717, 1.165) is 11.1 Å². The number of nitrogens with one attached hydrogen (secondary N) is 1. The summed E-state index contributed by atoms with van der Waals surface area (Å²) >= 11 is 7.22. The van der Waals surface area contributed by atoms with Gasteiger partial charge in [0, 0.05) is 10.6 Å². The highest BCUT2D eigenvalue weighted by Crippen LogP contribution is 2.31. The number of thiophene rings is 1. The van der Waals surface area contributed by atoms with Crippen molar-refractivity contribution in [2.75, 3.05) is 11.9 Å². The lowest BCUT2D eigenvalue weighted by Crippen LogP contribution is -2.22. The molecule has 23 heavy (non-hydrogen) atoms. The molecule has 5 nitrogen and oxygen atoms in total. The number of hydrogen-bond donors (Lipinski definition) is 2. The van der Waals surface area contributed by atoms with Gasteiger partial charge in [-0.3, -0.25) is 9.59 Å². The van der Waals surface area contributed by atoms with Crippen molar-refractivity contribution in [3.05, 3.63) is 50.9 Å². The number of halogens is 1. The zero-order chi connectivity index (χ0) is 16.6. The Kier molecular flexibility index (Phi) is 4.11. The molecular weight excluding hydrogens is 336 g/mol. The van der Waals surface area contributed by atoms with Gasteiger partial charge in [0.15, 0.2) is 0 Å². The third-order valence-corrected chi connectivity index (χ3v) is 4.67. The van der Waals surface area contributed by atoms with Gasteiger partial charge in [-0.05, 0) is 42.1 Å². The van der Waals surface area contributed by atoms with Gasteiger partial charge in [0.05, 0.1) is 11.1 Å². The summed E-state index contributed by atoms with van der Waals surface area (Å²) in [7, 11) is 0. The number of anilines is 1. The van der Waals surface area contributed by atoms with Crippen molar-refractivity contribution < 1.29 is 14.3 Å². The summed E-state index contributed by atoms with van der Waals surface area (Å²) in [4.78, 5) is 23.9. The minimum atomic E-state index is -0.565. The predicted octanol–water partition coefficient (Wildman–Crippen LogP) is 3.22. The normalized spacial score (nSPS) is 12.9. The van der Waals surface area contributed by atoms with Crippen molar-refractivity contribution in [2.45, 2.75) is 6.92 Å². The Bertz CT molecular complexity index is 842. The van der Waals surface area contributed by atoms with E-state index in [4.69, 9.17) is 22.1 Å². The van der Waals surface area contributed by atoms with Crippen LogP contribution < -0.4 is 15.8 Å². The summed E-state index contributed by atoms with van der Waals surface area (Å²) in [6.07, 6.45) is 1.73. The molecule has 118 valence electrons. The Balaban J connectivity index is 1.86. The van der Waals surface area contributed by atoms with Crippen LogP contribution in [0.25, 0.3) is 6.08 Å². The second kappa shape index (κ2) is 6.06. The lowest BCUT2D eigenvalue weighted by atomic mass is 10.1. The van der Waals surface area contributed by atoms with Gasteiger partial charge in [-0.25, -0.2) is 0 Å². The second-order valence-corrected chi connectivity index (χ2v) is 6.40. The molecule has 0 atom stereocenters. The number of ether oxygens (including phenoxy) is 1. The highest BCUT2D eigenvalue weighted by molar-refractivity contribution is 7.15. The maximum absolute atomic E-state index is 12.4. The lowest BCUT2D eigenvalue weighted by molar-refractivity contribution is -0.113. The Labute approximate surface area is 141 Å². The van der Waals surface area contributed by atoms with Gasteiger partial charge in [-0.15, -0.1) is 11.3 Å². The number of carbonyl (C=O) groups excluding carboxylic acids is 2. The van der Waals surface area contributed by atoms with E-state index in [1.165, 1.54) is 11.3 Å². The molecule has 0 saturated carbocycles. The van der Waals surface area contributed by atoms with Gasteiger partial charge in [0.2, 0.25) is 0 Å². The summed E-state index contributed by atoms with van der Waals surface area (Å²) in [6, 6.07) is 5.22. The molecule has 7 heteroatoms. The molecular formula is C16H13ClN2O3S. The molecule has 2 amide bonds. The number of aryl methyl sites for hydroxylation is 1. The maximum atomic E-state index is 12.4. The predicted molar refractivity (Wildman–Crippen MR) is 91.1 cm³/mol. The topological polar surface area (TPSA) is 81.4 Å². The first-order chi connectivity index (χ1) is 11.0. The highest BCUT2D eigenvalue weighted by Gasteiger charge is 2.21. The monoisotopic (exact) mass is 348 g/mol. The highest BCUT2D eigenvalue weighted by atomic mass is 35.5. The average Bonchev–Trinajstić information content (AvgIpc) is 2.87. The van der Waals surface area contributed by atoms with Gasteiger partial charge in [-0.1, -0.05) is 11.6 Å². The minimum Gasteiger partial charge on any atom is -0.488 e. The van der Waals surface area contributed by atoms with Crippen LogP contribution in [0.5, 0.6) is 5.75 Å². The Morgan fingerprint density at radius 3 is 2.91 bits per heavy atom. The summed E-state index contributed by atoms with van der Waals surface area (Å²) < 4.78 is 5.56. The van der Waals surface area contributed by atoms with E-state index in [-0.39, 0.29) is 12.5 Å². The van der Waals surface area contributed by atoms with E-state index in [1.807, 2.05) is 0 Å². The number of amides is 2. The van der Waals surface area contributed by atoms with Gasteiger partial charge < -0.3 is 15.8 Å². The fraction of sp³-hybridized carbons (Fsp3) is 0.125. The molecule has 0 unspecified atom stereocenters. The van der Waals surface area contributed by atoms with Gasteiger partial charge in [-0.2, -0.15) is 0 Å². The van der Waals surface area contributed by atoms with Crippen molar-refractivity contribution in [3.8, 4) is 5.75 Å². The molecule has 0 bridgehead atoms. The Morgan fingerprint density at radius 2 is 2.17 bits per heavy atom. The van der Waals surface area contributed by atoms with E-state index in [2.05, 4.69) is 5.32 Å². The fourth-order valence-corrected chi connectivity index (χ4v) is 3.43. The van der Waals surface area contributed by atoms with Crippen molar-refractivity contribution in [1.82, 2.24) is 0 Å². The van der Waals surface area contributed by atoms with Crippen molar-refractivity contribution in [3.63, 3.8) is 0 Å². The van der Waals surface area contributed by atoms with Crippen molar-refractivity contribution >= 4 is 45.8 Å². The van der Waals surface area contributed by atoms with Crippen LogP contribution in [0, 0.1) is 6.92 Å².